The number of carbonyl (C=O) groups is 1. The number of fused-ring (bicyclic) bond motifs is 4. The molecule has 1 heterocycles. The van der Waals surface area contributed by atoms with Gasteiger partial charge in [0.15, 0.2) is 0 Å². The number of alkyl carbamates (subject to hydrolysis) is 1. The molecule has 2 atom stereocenters. The van der Waals surface area contributed by atoms with E-state index in [9.17, 15) is 15.0 Å². The highest BCUT2D eigenvalue weighted by Crippen LogP contribution is 2.44. The number of aliphatic hydroxyl groups excluding tert-OH is 2. The Labute approximate surface area is 196 Å². The molecule has 2 unspecified atom stereocenters. The van der Waals surface area contributed by atoms with E-state index in [1.54, 1.807) is 0 Å². The molecule has 3 aromatic carbocycles. The number of nitrogens with one attached hydrogen (secondary N) is 1. The molecular weight excluding hydrogens is 434 g/mol. The Hall–Kier alpha value is -3.19. The Morgan fingerprint density at radius 2 is 1.58 bits per heavy atom. The van der Waals surface area contributed by atoms with E-state index in [1.807, 2.05) is 53.9 Å². The fourth-order valence-electron chi connectivity index (χ4n) is 4.56. The zero-order chi connectivity index (χ0) is 22.8. The van der Waals surface area contributed by atoms with E-state index in [1.165, 1.54) is 22.5 Å². The molecule has 3 N–H and O–H groups in total. The van der Waals surface area contributed by atoms with Crippen molar-refractivity contribution in [1.82, 2.24) is 5.32 Å². The molecule has 0 bridgehead atoms. The first-order valence-electron chi connectivity index (χ1n) is 11.0. The molecule has 0 fully saturated rings. The molecule has 5 rings (SSSR count). The SMILES string of the molecule is O=C(NCCC(O)C(O)c1csc2ccccc12)OCC1c2ccccc2-c2ccccc21. The van der Waals surface area contributed by atoms with E-state index >= 15 is 0 Å². The van der Waals surface area contributed by atoms with Crippen LogP contribution in [-0.2, 0) is 4.74 Å². The van der Waals surface area contributed by atoms with E-state index in [2.05, 4.69) is 29.6 Å². The molecule has 0 spiro atoms. The van der Waals surface area contributed by atoms with Crippen LogP contribution < -0.4 is 5.32 Å². The summed E-state index contributed by atoms with van der Waals surface area (Å²) in [6, 6.07) is 24.2. The second-order valence-electron chi connectivity index (χ2n) is 8.24. The third-order valence-corrected chi connectivity index (χ3v) is 7.23. The minimum Gasteiger partial charge on any atom is -0.449 e. The predicted octanol–water partition coefficient (Wildman–Crippen LogP) is 5.22. The van der Waals surface area contributed by atoms with Gasteiger partial charge in [0.05, 0.1) is 6.10 Å². The third kappa shape index (κ3) is 4.25. The Balaban J connectivity index is 1.14. The zero-order valence-electron chi connectivity index (χ0n) is 18.0. The lowest BCUT2D eigenvalue weighted by Gasteiger charge is -2.18. The zero-order valence-corrected chi connectivity index (χ0v) is 18.8. The van der Waals surface area contributed by atoms with Crippen LogP contribution in [0.2, 0.25) is 0 Å². The molecule has 1 aromatic heterocycles. The van der Waals surface area contributed by atoms with Gasteiger partial charge in [0.1, 0.15) is 12.7 Å². The van der Waals surface area contributed by atoms with Crippen molar-refractivity contribution >= 4 is 27.5 Å². The molecule has 1 aliphatic rings. The summed E-state index contributed by atoms with van der Waals surface area (Å²) >= 11 is 1.54. The summed E-state index contributed by atoms with van der Waals surface area (Å²) in [5, 5.41) is 26.5. The highest BCUT2D eigenvalue weighted by molar-refractivity contribution is 7.17. The van der Waals surface area contributed by atoms with Gasteiger partial charge in [-0.25, -0.2) is 4.79 Å². The highest BCUT2D eigenvalue weighted by Gasteiger charge is 2.29. The number of ether oxygens (including phenoxy) is 1. The van der Waals surface area contributed by atoms with Crippen LogP contribution in [-0.4, -0.2) is 35.6 Å². The molecule has 0 radical (unpaired) electrons. The summed E-state index contributed by atoms with van der Waals surface area (Å²) in [6.45, 7) is 0.447. The van der Waals surface area contributed by atoms with Gasteiger partial charge < -0.3 is 20.3 Å². The van der Waals surface area contributed by atoms with E-state index < -0.39 is 18.3 Å². The maximum absolute atomic E-state index is 12.3. The lowest BCUT2D eigenvalue weighted by molar-refractivity contribution is 0.0147. The fourth-order valence-corrected chi connectivity index (χ4v) is 5.55. The first kappa shape index (κ1) is 21.6. The van der Waals surface area contributed by atoms with Crippen LogP contribution in [0.1, 0.15) is 35.1 Å². The Morgan fingerprint density at radius 1 is 0.939 bits per heavy atom. The molecule has 1 aliphatic carbocycles. The van der Waals surface area contributed by atoms with Gasteiger partial charge in [-0.05, 0) is 45.5 Å². The minimum absolute atomic E-state index is 0.00225. The number of thiophene rings is 1. The quantitative estimate of drug-likeness (QED) is 0.354. The van der Waals surface area contributed by atoms with Gasteiger partial charge >= 0.3 is 6.09 Å². The Kier molecular flexibility index (Phi) is 6.13. The van der Waals surface area contributed by atoms with Crippen molar-refractivity contribution in [3.8, 4) is 11.1 Å². The van der Waals surface area contributed by atoms with Gasteiger partial charge in [-0.2, -0.15) is 0 Å². The van der Waals surface area contributed by atoms with Crippen molar-refractivity contribution in [2.45, 2.75) is 24.5 Å². The summed E-state index contributed by atoms with van der Waals surface area (Å²) in [5.41, 5.74) is 5.39. The van der Waals surface area contributed by atoms with Crippen LogP contribution in [0.4, 0.5) is 4.79 Å². The van der Waals surface area contributed by atoms with E-state index in [0.29, 0.717) is 5.56 Å². The smallest absolute Gasteiger partial charge is 0.407 e. The predicted molar refractivity (Wildman–Crippen MR) is 130 cm³/mol. The first-order valence-corrected chi connectivity index (χ1v) is 11.9. The number of hydrogen-bond donors (Lipinski definition) is 3. The van der Waals surface area contributed by atoms with Gasteiger partial charge in [0, 0.05) is 22.7 Å². The average molecular weight is 460 g/mol. The normalized spacial score (nSPS) is 14.5. The van der Waals surface area contributed by atoms with Gasteiger partial charge in [-0.3, -0.25) is 0 Å². The largest absolute Gasteiger partial charge is 0.449 e. The molecule has 5 nitrogen and oxygen atoms in total. The van der Waals surface area contributed by atoms with Gasteiger partial charge in [0.25, 0.3) is 0 Å². The van der Waals surface area contributed by atoms with Crippen LogP contribution in [0.5, 0.6) is 0 Å². The average Bonchev–Trinajstić information content (AvgIpc) is 3.42. The van der Waals surface area contributed by atoms with Crippen molar-refractivity contribution in [3.63, 3.8) is 0 Å². The highest BCUT2D eigenvalue weighted by atomic mass is 32.1. The summed E-state index contributed by atoms with van der Waals surface area (Å²) in [5.74, 6) is 0.00225. The van der Waals surface area contributed by atoms with Crippen LogP contribution in [0.15, 0.2) is 78.2 Å². The molecule has 0 aliphatic heterocycles. The number of rotatable bonds is 7. The Morgan fingerprint density at radius 3 is 2.30 bits per heavy atom. The lowest BCUT2D eigenvalue weighted by Crippen LogP contribution is -2.30. The first-order chi connectivity index (χ1) is 16.1. The third-order valence-electron chi connectivity index (χ3n) is 6.25. The van der Waals surface area contributed by atoms with E-state index in [-0.39, 0.29) is 25.5 Å². The van der Waals surface area contributed by atoms with Gasteiger partial charge in [-0.1, -0.05) is 66.7 Å². The molecule has 0 saturated carbocycles. The van der Waals surface area contributed by atoms with E-state index in [4.69, 9.17) is 4.74 Å². The van der Waals surface area contributed by atoms with Crippen LogP contribution in [0.25, 0.3) is 21.2 Å². The van der Waals surface area contributed by atoms with Gasteiger partial charge in [-0.15, -0.1) is 11.3 Å². The standard InChI is InChI=1S/C27H25NO4S/c29-24(26(30)23-16-33-25-12-6-5-11-21(23)25)13-14-28-27(31)32-15-22-19-9-3-1-7-17(19)18-8-2-4-10-20(18)22/h1-12,16,22,24,26,29-30H,13-15H2,(H,28,31). The molecular formula is C27H25NO4S. The van der Waals surface area contributed by atoms with Crippen molar-refractivity contribution in [1.29, 1.82) is 0 Å². The molecule has 168 valence electrons. The second kappa shape index (κ2) is 9.35. The number of hydrogen-bond acceptors (Lipinski definition) is 5. The number of aliphatic hydroxyl groups is 2. The number of amides is 1. The molecule has 4 aromatic rings. The number of benzene rings is 3. The molecule has 33 heavy (non-hydrogen) atoms. The fraction of sp³-hybridized carbons (Fsp3) is 0.222. The molecule has 0 saturated heterocycles. The van der Waals surface area contributed by atoms with Gasteiger partial charge in [0.2, 0.25) is 0 Å². The van der Waals surface area contributed by atoms with Crippen LogP contribution >= 0.6 is 11.3 Å². The summed E-state index contributed by atoms with van der Waals surface area (Å²) in [4.78, 5) is 12.3. The lowest BCUT2D eigenvalue weighted by atomic mass is 9.98. The Bertz CT molecular complexity index is 1240. The summed E-state index contributed by atoms with van der Waals surface area (Å²) in [7, 11) is 0. The van der Waals surface area contributed by atoms with Crippen LogP contribution in [0.3, 0.4) is 0 Å². The van der Waals surface area contributed by atoms with Crippen molar-refractivity contribution in [2.24, 2.45) is 0 Å². The monoisotopic (exact) mass is 459 g/mol. The minimum atomic E-state index is -1.01. The van der Waals surface area contributed by atoms with Crippen LogP contribution in [0, 0.1) is 0 Å². The number of carbonyl (C=O) groups excluding carboxylic acids is 1. The maximum atomic E-state index is 12.3. The molecule has 6 heteroatoms. The topological polar surface area (TPSA) is 78.8 Å². The summed E-state index contributed by atoms with van der Waals surface area (Å²) in [6.07, 6.45) is -2.31. The summed E-state index contributed by atoms with van der Waals surface area (Å²) < 4.78 is 6.58. The van der Waals surface area contributed by atoms with Crippen molar-refractivity contribution in [3.05, 3.63) is 94.9 Å². The second-order valence-corrected chi connectivity index (χ2v) is 9.15. The molecule has 1 amide bonds. The maximum Gasteiger partial charge on any atom is 0.407 e. The van der Waals surface area contributed by atoms with Crippen molar-refractivity contribution in [2.75, 3.05) is 13.2 Å². The van der Waals surface area contributed by atoms with Crippen molar-refractivity contribution < 1.29 is 19.7 Å². The van der Waals surface area contributed by atoms with E-state index in [0.717, 1.165) is 21.2 Å².